The van der Waals surface area contributed by atoms with E-state index in [0.717, 1.165) is 36.8 Å². The lowest BCUT2D eigenvalue weighted by molar-refractivity contribution is -0.129. The van der Waals surface area contributed by atoms with Crippen LogP contribution in [0.4, 0.5) is 10.1 Å². The van der Waals surface area contributed by atoms with Gasteiger partial charge in [-0.2, -0.15) is 0 Å². The van der Waals surface area contributed by atoms with Crippen LogP contribution in [0.5, 0.6) is 11.5 Å². The maximum absolute atomic E-state index is 13.3. The Hall–Kier alpha value is -3.35. The van der Waals surface area contributed by atoms with Crippen molar-refractivity contribution in [2.24, 2.45) is 0 Å². The van der Waals surface area contributed by atoms with Gasteiger partial charge in [-0.05, 0) is 54.7 Å². The number of fused-ring (bicyclic) bond motifs is 1. The van der Waals surface area contributed by atoms with Crippen molar-refractivity contribution in [2.45, 2.75) is 44.7 Å². The average molecular weight is 438 g/mol. The normalized spacial score (nSPS) is 17.9. The van der Waals surface area contributed by atoms with Crippen LogP contribution < -0.4 is 14.8 Å². The smallest absolute Gasteiger partial charge is 0.251 e. The molecule has 1 saturated carbocycles. The molecular weight excluding hydrogens is 411 g/mol. The number of amides is 2. The zero-order chi connectivity index (χ0) is 22.7. The Balaban J connectivity index is 1.51. The van der Waals surface area contributed by atoms with E-state index in [1.807, 2.05) is 4.90 Å². The summed E-state index contributed by atoms with van der Waals surface area (Å²) in [5, 5.41) is 2.86. The second-order valence-electron chi connectivity index (χ2n) is 8.12. The molecule has 1 fully saturated rings. The third-order valence-corrected chi connectivity index (χ3v) is 6.15. The van der Waals surface area contributed by atoms with E-state index >= 15 is 0 Å². The zero-order valence-electron chi connectivity index (χ0n) is 18.3. The van der Waals surface area contributed by atoms with Crippen LogP contribution in [0.1, 0.15) is 37.7 Å². The monoisotopic (exact) mass is 438 g/mol. The Morgan fingerprint density at radius 1 is 1.12 bits per heavy atom. The fourth-order valence-corrected chi connectivity index (χ4v) is 4.56. The Morgan fingerprint density at radius 3 is 2.62 bits per heavy atom. The molecule has 168 valence electrons. The van der Waals surface area contributed by atoms with Crippen molar-refractivity contribution in [3.05, 3.63) is 65.0 Å². The van der Waals surface area contributed by atoms with Crippen LogP contribution in [0.3, 0.4) is 0 Å². The van der Waals surface area contributed by atoms with Gasteiger partial charge in [0.25, 0.3) is 5.91 Å². The SMILES string of the molecule is COc1ccc(NC(=O)CC2=C3CCCCC3N(Cc3ccc(F)cc3)C2=O)c(OC)c1. The van der Waals surface area contributed by atoms with Crippen LogP contribution in [-0.4, -0.2) is 37.0 Å². The lowest BCUT2D eigenvalue weighted by Crippen LogP contribution is -2.36. The van der Waals surface area contributed by atoms with Gasteiger partial charge in [-0.25, -0.2) is 4.39 Å². The molecular formula is C25H27FN2O4. The fraction of sp³-hybridized carbons (Fsp3) is 0.360. The lowest BCUT2D eigenvalue weighted by atomic mass is 9.88. The van der Waals surface area contributed by atoms with Crippen molar-refractivity contribution < 1.29 is 23.5 Å². The van der Waals surface area contributed by atoms with Crippen molar-refractivity contribution in [3.8, 4) is 11.5 Å². The molecule has 4 rings (SSSR count). The van der Waals surface area contributed by atoms with Gasteiger partial charge in [-0.1, -0.05) is 18.6 Å². The predicted octanol–water partition coefficient (Wildman–Crippen LogP) is 4.45. The first kappa shape index (κ1) is 21.9. The first-order chi connectivity index (χ1) is 15.5. The summed E-state index contributed by atoms with van der Waals surface area (Å²) < 4.78 is 23.8. The lowest BCUT2D eigenvalue weighted by Gasteiger charge is -2.30. The van der Waals surface area contributed by atoms with Crippen molar-refractivity contribution in [2.75, 3.05) is 19.5 Å². The number of hydrogen-bond donors (Lipinski definition) is 1. The molecule has 2 aliphatic rings. The summed E-state index contributed by atoms with van der Waals surface area (Å²) in [6, 6.07) is 11.4. The number of carbonyl (C=O) groups is 2. The van der Waals surface area contributed by atoms with Crippen LogP contribution >= 0.6 is 0 Å². The third kappa shape index (κ3) is 4.47. The molecule has 0 spiro atoms. The largest absolute Gasteiger partial charge is 0.497 e. The summed E-state index contributed by atoms with van der Waals surface area (Å²) in [4.78, 5) is 28.0. The highest BCUT2D eigenvalue weighted by molar-refractivity contribution is 6.05. The van der Waals surface area contributed by atoms with Gasteiger partial charge in [0.2, 0.25) is 5.91 Å². The quantitative estimate of drug-likeness (QED) is 0.693. The number of halogens is 1. The van der Waals surface area contributed by atoms with Gasteiger partial charge in [0.1, 0.15) is 17.3 Å². The van der Waals surface area contributed by atoms with Gasteiger partial charge in [0, 0.05) is 18.2 Å². The van der Waals surface area contributed by atoms with E-state index in [1.165, 1.54) is 19.2 Å². The topological polar surface area (TPSA) is 67.9 Å². The van der Waals surface area contributed by atoms with Gasteiger partial charge in [0.05, 0.1) is 32.4 Å². The molecule has 2 amide bonds. The maximum atomic E-state index is 13.3. The highest BCUT2D eigenvalue weighted by Crippen LogP contribution is 2.39. The highest BCUT2D eigenvalue weighted by atomic mass is 19.1. The first-order valence-electron chi connectivity index (χ1n) is 10.8. The van der Waals surface area contributed by atoms with Crippen LogP contribution in [0, 0.1) is 5.82 Å². The summed E-state index contributed by atoms with van der Waals surface area (Å²) in [6.07, 6.45) is 3.79. The van der Waals surface area contributed by atoms with E-state index in [1.54, 1.807) is 37.4 Å². The predicted molar refractivity (Wildman–Crippen MR) is 119 cm³/mol. The second kappa shape index (κ2) is 9.42. The number of rotatable bonds is 7. The van der Waals surface area contributed by atoms with Crippen molar-refractivity contribution in [3.63, 3.8) is 0 Å². The van der Waals surface area contributed by atoms with Gasteiger partial charge in [0.15, 0.2) is 0 Å². The minimum Gasteiger partial charge on any atom is -0.497 e. The van der Waals surface area contributed by atoms with E-state index in [-0.39, 0.29) is 30.1 Å². The van der Waals surface area contributed by atoms with Crippen LogP contribution in [0.15, 0.2) is 53.6 Å². The molecule has 1 aliphatic carbocycles. The molecule has 1 atom stereocenters. The number of methoxy groups -OCH3 is 2. The van der Waals surface area contributed by atoms with Crippen molar-refractivity contribution in [1.29, 1.82) is 0 Å². The Morgan fingerprint density at radius 2 is 1.91 bits per heavy atom. The molecule has 0 bridgehead atoms. The molecule has 32 heavy (non-hydrogen) atoms. The van der Waals surface area contributed by atoms with E-state index in [2.05, 4.69) is 5.32 Å². The molecule has 1 unspecified atom stereocenters. The summed E-state index contributed by atoms with van der Waals surface area (Å²) in [5.41, 5.74) is 3.05. The molecule has 1 N–H and O–H groups in total. The van der Waals surface area contributed by atoms with Crippen LogP contribution in [-0.2, 0) is 16.1 Å². The van der Waals surface area contributed by atoms with E-state index in [4.69, 9.17) is 9.47 Å². The van der Waals surface area contributed by atoms with Gasteiger partial charge < -0.3 is 19.7 Å². The van der Waals surface area contributed by atoms with E-state index < -0.39 is 0 Å². The van der Waals surface area contributed by atoms with Crippen molar-refractivity contribution >= 4 is 17.5 Å². The Bertz CT molecular complexity index is 1050. The molecule has 0 radical (unpaired) electrons. The number of anilines is 1. The molecule has 2 aromatic carbocycles. The number of nitrogens with one attached hydrogen (secondary N) is 1. The summed E-state index contributed by atoms with van der Waals surface area (Å²) in [5.74, 6) is 0.438. The second-order valence-corrected chi connectivity index (χ2v) is 8.12. The standard InChI is InChI=1S/C25H27FN2O4/c1-31-18-11-12-21(23(13-18)32-2)27-24(29)14-20-19-5-3-4-6-22(19)28(25(20)30)15-16-7-9-17(26)10-8-16/h7-13,22H,3-6,14-15H2,1-2H3,(H,27,29). The molecule has 6 nitrogen and oxygen atoms in total. The third-order valence-electron chi connectivity index (χ3n) is 6.15. The van der Waals surface area contributed by atoms with Crippen molar-refractivity contribution in [1.82, 2.24) is 4.90 Å². The van der Waals surface area contributed by atoms with Gasteiger partial charge >= 0.3 is 0 Å². The summed E-state index contributed by atoms with van der Waals surface area (Å²) >= 11 is 0. The number of nitrogens with zero attached hydrogens (tertiary/aromatic N) is 1. The summed E-state index contributed by atoms with van der Waals surface area (Å²) in [6.45, 7) is 0.407. The molecule has 1 heterocycles. The van der Waals surface area contributed by atoms with Crippen LogP contribution in [0.2, 0.25) is 0 Å². The van der Waals surface area contributed by atoms with E-state index in [9.17, 15) is 14.0 Å². The molecule has 1 aliphatic heterocycles. The molecule has 2 aromatic rings. The minimum atomic E-state index is -0.302. The molecule has 0 aromatic heterocycles. The Kier molecular flexibility index (Phi) is 6.44. The van der Waals surface area contributed by atoms with Crippen LogP contribution in [0.25, 0.3) is 0 Å². The number of carbonyl (C=O) groups excluding carboxylic acids is 2. The number of hydrogen-bond acceptors (Lipinski definition) is 4. The van der Waals surface area contributed by atoms with E-state index in [0.29, 0.717) is 29.3 Å². The average Bonchev–Trinajstić information content (AvgIpc) is 3.06. The highest BCUT2D eigenvalue weighted by Gasteiger charge is 2.40. The number of benzene rings is 2. The molecule has 7 heteroatoms. The Labute approximate surface area is 187 Å². The van der Waals surface area contributed by atoms with Gasteiger partial charge in [-0.3, -0.25) is 9.59 Å². The number of ether oxygens (including phenoxy) is 2. The zero-order valence-corrected chi connectivity index (χ0v) is 18.3. The molecule has 0 saturated heterocycles. The maximum Gasteiger partial charge on any atom is 0.251 e. The summed E-state index contributed by atoms with van der Waals surface area (Å²) in [7, 11) is 3.08. The minimum absolute atomic E-state index is 0.0135. The first-order valence-corrected chi connectivity index (χ1v) is 10.8. The fourth-order valence-electron chi connectivity index (χ4n) is 4.56. The van der Waals surface area contributed by atoms with Gasteiger partial charge in [-0.15, -0.1) is 0 Å².